The lowest BCUT2D eigenvalue weighted by atomic mass is 10.2. The molecule has 0 fully saturated rings. The fourth-order valence-electron chi connectivity index (χ4n) is 1.35. The lowest BCUT2D eigenvalue weighted by Crippen LogP contribution is -1.86. The Balaban J connectivity index is 2.84. The van der Waals surface area contributed by atoms with Crippen molar-refractivity contribution in [2.75, 3.05) is 0 Å². The van der Waals surface area contributed by atoms with Crippen molar-refractivity contribution in [1.29, 1.82) is 5.26 Å². The second-order valence-electron chi connectivity index (χ2n) is 3.07. The maximum atomic E-state index is 8.72. The molecule has 0 aliphatic heterocycles. The summed E-state index contributed by atoms with van der Waals surface area (Å²) in [5.41, 5.74) is 3.83. The van der Waals surface area contributed by atoms with E-state index in [1.807, 2.05) is 26.1 Å². The monoisotopic (exact) mass is 171 g/mol. The predicted molar refractivity (Wildman–Crippen MR) is 49.4 cm³/mol. The van der Waals surface area contributed by atoms with Crippen LogP contribution in [-0.4, -0.2) is 9.61 Å². The van der Waals surface area contributed by atoms with Gasteiger partial charge in [0.1, 0.15) is 0 Å². The van der Waals surface area contributed by atoms with Gasteiger partial charge in [-0.25, -0.2) is 4.52 Å². The molecule has 0 aliphatic carbocycles. The molecule has 2 rings (SSSR count). The molecular formula is C10H9N3. The number of nitriles is 1. The topological polar surface area (TPSA) is 41.1 Å². The standard InChI is InChI=1S/C10H9N3/c1-7-8(2)12-13-4-3-9(6-11)5-10(7)13/h3-5H,1-2H3. The number of aryl methyl sites for hydroxylation is 2. The third kappa shape index (κ3) is 1.07. The molecule has 0 aliphatic rings. The average molecular weight is 171 g/mol. The maximum absolute atomic E-state index is 8.72. The van der Waals surface area contributed by atoms with Crippen LogP contribution in [0.15, 0.2) is 18.3 Å². The van der Waals surface area contributed by atoms with Crippen molar-refractivity contribution in [2.45, 2.75) is 13.8 Å². The van der Waals surface area contributed by atoms with E-state index in [-0.39, 0.29) is 0 Å². The van der Waals surface area contributed by atoms with Crippen LogP contribution in [0.1, 0.15) is 16.8 Å². The minimum atomic E-state index is 0.676. The third-order valence-electron chi connectivity index (χ3n) is 2.25. The van der Waals surface area contributed by atoms with Crippen molar-refractivity contribution >= 4 is 5.52 Å². The molecule has 3 heteroatoms. The van der Waals surface area contributed by atoms with Gasteiger partial charge in [-0.2, -0.15) is 10.4 Å². The van der Waals surface area contributed by atoms with Crippen molar-refractivity contribution < 1.29 is 0 Å². The molecule has 0 unspecified atom stereocenters. The smallest absolute Gasteiger partial charge is 0.0992 e. The highest BCUT2D eigenvalue weighted by Crippen LogP contribution is 2.14. The molecule has 2 heterocycles. The van der Waals surface area contributed by atoms with Crippen molar-refractivity contribution in [1.82, 2.24) is 9.61 Å². The Morgan fingerprint density at radius 1 is 1.46 bits per heavy atom. The summed E-state index contributed by atoms with van der Waals surface area (Å²) in [6.07, 6.45) is 1.81. The first-order valence-electron chi connectivity index (χ1n) is 4.08. The van der Waals surface area contributed by atoms with E-state index in [4.69, 9.17) is 5.26 Å². The third-order valence-corrected chi connectivity index (χ3v) is 2.25. The first kappa shape index (κ1) is 7.81. The van der Waals surface area contributed by atoms with Gasteiger partial charge >= 0.3 is 0 Å². The van der Waals surface area contributed by atoms with Crippen molar-refractivity contribution in [3.8, 4) is 6.07 Å². The van der Waals surface area contributed by atoms with Crippen LogP contribution in [0.3, 0.4) is 0 Å². The van der Waals surface area contributed by atoms with Crippen LogP contribution in [-0.2, 0) is 0 Å². The molecule has 0 aromatic carbocycles. The maximum Gasteiger partial charge on any atom is 0.0992 e. The van der Waals surface area contributed by atoms with Gasteiger partial charge in [-0.3, -0.25) is 0 Å². The lowest BCUT2D eigenvalue weighted by molar-refractivity contribution is 0.932. The van der Waals surface area contributed by atoms with Gasteiger partial charge in [-0.05, 0) is 31.5 Å². The minimum Gasteiger partial charge on any atom is -0.240 e. The molecule has 0 saturated heterocycles. The van der Waals surface area contributed by atoms with Crippen LogP contribution in [0.4, 0.5) is 0 Å². The first-order valence-corrected chi connectivity index (χ1v) is 4.08. The SMILES string of the molecule is Cc1nn2ccc(C#N)cc2c1C. The van der Waals surface area contributed by atoms with Crippen LogP contribution < -0.4 is 0 Å². The summed E-state index contributed by atoms with van der Waals surface area (Å²) in [6, 6.07) is 5.73. The van der Waals surface area contributed by atoms with Crippen LogP contribution in [0.5, 0.6) is 0 Å². The van der Waals surface area contributed by atoms with E-state index in [1.54, 1.807) is 10.6 Å². The van der Waals surface area contributed by atoms with Gasteiger partial charge in [0.25, 0.3) is 0 Å². The Hall–Kier alpha value is -1.82. The van der Waals surface area contributed by atoms with E-state index in [9.17, 15) is 0 Å². The average Bonchev–Trinajstić information content (AvgIpc) is 2.43. The molecule has 3 nitrogen and oxygen atoms in total. The molecule has 0 saturated carbocycles. The summed E-state index contributed by atoms with van der Waals surface area (Å²) in [6.45, 7) is 3.98. The Kier molecular flexibility index (Phi) is 1.56. The van der Waals surface area contributed by atoms with Gasteiger partial charge in [-0.1, -0.05) is 0 Å². The van der Waals surface area contributed by atoms with Crippen molar-refractivity contribution in [3.63, 3.8) is 0 Å². The van der Waals surface area contributed by atoms with Crippen molar-refractivity contribution in [2.24, 2.45) is 0 Å². The van der Waals surface area contributed by atoms with E-state index in [2.05, 4.69) is 11.2 Å². The number of rotatable bonds is 0. The zero-order valence-electron chi connectivity index (χ0n) is 7.57. The van der Waals surface area contributed by atoms with Gasteiger partial charge < -0.3 is 0 Å². The van der Waals surface area contributed by atoms with E-state index >= 15 is 0 Å². The number of nitrogens with zero attached hydrogens (tertiary/aromatic N) is 3. The van der Waals surface area contributed by atoms with Crippen LogP contribution in [0.2, 0.25) is 0 Å². The van der Waals surface area contributed by atoms with Crippen molar-refractivity contribution in [3.05, 3.63) is 35.2 Å². The Labute approximate surface area is 76.2 Å². The number of pyridine rings is 1. The fourth-order valence-corrected chi connectivity index (χ4v) is 1.35. The molecule has 64 valence electrons. The van der Waals surface area contributed by atoms with Gasteiger partial charge in [0.05, 0.1) is 22.8 Å². The quantitative estimate of drug-likeness (QED) is 0.606. The highest BCUT2D eigenvalue weighted by atomic mass is 15.2. The van der Waals surface area contributed by atoms with Crippen LogP contribution in [0, 0.1) is 25.2 Å². The van der Waals surface area contributed by atoms with Gasteiger partial charge in [0, 0.05) is 6.20 Å². The molecular weight excluding hydrogens is 162 g/mol. The van der Waals surface area contributed by atoms with Gasteiger partial charge in [-0.15, -0.1) is 0 Å². The Bertz CT molecular complexity index is 503. The zero-order valence-corrected chi connectivity index (χ0v) is 7.57. The summed E-state index contributed by atoms with van der Waals surface area (Å²) < 4.78 is 1.80. The van der Waals surface area contributed by atoms with E-state index < -0.39 is 0 Å². The largest absolute Gasteiger partial charge is 0.240 e. The van der Waals surface area contributed by atoms with Gasteiger partial charge in [0.15, 0.2) is 0 Å². The lowest BCUT2D eigenvalue weighted by Gasteiger charge is -1.93. The number of hydrogen-bond acceptors (Lipinski definition) is 2. The molecule has 13 heavy (non-hydrogen) atoms. The number of fused-ring (bicyclic) bond motifs is 1. The number of hydrogen-bond donors (Lipinski definition) is 0. The predicted octanol–water partition coefficient (Wildman–Crippen LogP) is 1.82. The van der Waals surface area contributed by atoms with Crippen LogP contribution in [0.25, 0.3) is 5.52 Å². The van der Waals surface area contributed by atoms with Crippen LogP contribution >= 0.6 is 0 Å². The molecule has 0 atom stereocenters. The first-order chi connectivity index (χ1) is 6.22. The summed E-state index contributed by atoms with van der Waals surface area (Å²) in [5, 5.41) is 13.0. The molecule has 0 radical (unpaired) electrons. The molecule has 0 spiro atoms. The Morgan fingerprint density at radius 3 is 2.92 bits per heavy atom. The van der Waals surface area contributed by atoms with E-state index in [1.165, 1.54) is 0 Å². The van der Waals surface area contributed by atoms with Gasteiger partial charge in [0.2, 0.25) is 0 Å². The molecule has 0 N–H and O–H groups in total. The molecule has 0 amide bonds. The highest BCUT2D eigenvalue weighted by Gasteiger charge is 2.04. The fraction of sp³-hybridized carbons (Fsp3) is 0.200. The summed E-state index contributed by atoms with van der Waals surface area (Å²) in [5.74, 6) is 0. The second kappa shape index (κ2) is 2.60. The summed E-state index contributed by atoms with van der Waals surface area (Å²) >= 11 is 0. The number of aromatic nitrogens is 2. The van der Waals surface area contributed by atoms with E-state index in [0.717, 1.165) is 16.8 Å². The summed E-state index contributed by atoms with van der Waals surface area (Å²) in [7, 11) is 0. The molecule has 2 aromatic heterocycles. The minimum absolute atomic E-state index is 0.676. The molecule has 0 bridgehead atoms. The Morgan fingerprint density at radius 2 is 2.23 bits per heavy atom. The highest BCUT2D eigenvalue weighted by molar-refractivity contribution is 5.58. The second-order valence-corrected chi connectivity index (χ2v) is 3.07. The summed E-state index contributed by atoms with van der Waals surface area (Å²) in [4.78, 5) is 0. The van der Waals surface area contributed by atoms with E-state index in [0.29, 0.717) is 5.56 Å². The normalized spacial score (nSPS) is 10.2. The molecule has 2 aromatic rings. The zero-order chi connectivity index (χ0) is 9.42.